The molecule has 138 valence electrons. The maximum atomic E-state index is 13.2. The van der Waals surface area contributed by atoms with Crippen molar-refractivity contribution >= 4 is 15.7 Å². The van der Waals surface area contributed by atoms with Crippen LogP contribution in [-0.4, -0.2) is 39.7 Å². The predicted molar refractivity (Wildman–Crippen MR) is 98.3 cm³/mol. The quantitative estimate of drug-likeness (QED) is 0.858. The summed E-state index contributed by atoms with van der Waals surface area (Å²) in [4.78, 5) is 13.5. The third-order valence-corrected chi connectivity index (χ3v) is 6.78. The maximum Gasteiger partial charge on any atom is 0.230 e. The lowest BCUT2D eigenvalue weighted by Crippen LogP contribution is -2.51. The first-order chi connectivity index (χ1) is 11.9. The van der Waals surface area contributed by atoms with E-state index in [0.717, 1.165) is 63.6 Å². The van der Waals surface area contributed by atoms with E-state index >= 15 is 0 Å². The Morgan fingerprint density at radius 1 is 1.08 bits per heavy atom. The molecule has 1 saturated heterocycles. The predicted octanol–water partition coefficient (Wildman–Crippen LogP) is 2.16. The fourth-order valence-corrected chi connectivity index (χ4v) is 4.74. The van der Waals surface area contributed by atoms with Crippen molar-refractivity contribution in [3.63, 3.8) is 0 Å². The Balaban J connectivity index is 1.86. The highest BCUT2D eigenvalue weighted by molar-refractivity contribution is 7.90. The molecule has 1 aliphatic carbocycles. The normalized spacial score (nSPS) is 21.6. The number of hydrogen-bond acceptors (Lipinski definition) is 4. The molecule has 3 rings (SSSR count). The van der Waals surface area contributed by atoms with Crippen LogP contribution in [0.25, 0.3) is 0 Å². The Bertz CT molecular complexity index is 701. The Morgan fingerprint density at radius 2 is 1.68 bits per heavy atom. The molecule has 0 aromatic heterocycles. The molecule has 0 spiro atoms. The van der Waals surface area contributed by atoms with Gasteiger partial charge in [-0.2, -0.15) is 0 Å². The van der Waals surface area contributed by atoms with Crippen LogP contribution in [0.4, 0.5) is 0 Å². The third kappa shape index (κ3) is 4.06. The molecule has 2 fully saturated rings. The van der Waals surface area contributed by atoms with Crippen LogP contribution in [0.5, 0.6) is 0 Å². The molecular weight excluding hydrogens is 336 g/mol. The van der Waals surface area contributed by atoms with Crippen molar-refractivity contribution in [3.05, 3.63) is 29.8 Å². The van der Waals surface area contributed by atoms with Gasteiger partial charge in [-0.3, -0.25) is 4.79 Å². The van der Waals surface area contributed by atoms with E-state index in [4.69, 9.17) is 0 Å². The van der Waals surface area contributed by atoms with E-state index in [9.17, 15) is 13.2 Å². The molecule has 0 atom stereocenters. The largest absolute Gasteiger partial charge is 0.353 e. The Kier molecular flexibility index (Phi) is 5.49. The van der Waals surface area contributed by atoms with Crippen LogP contribution < -0.4 is 10.6 Å². The van der Waals surface area contributed by atoms with Gasteiger partial charge in [-0.25, -0.2) is 8.42 Å². The van der Waals surface area contributed by atoms with Crippen molar-refractivity contribution in [2.75, 3.05) is 19.3 Å². The molecule has 0 radical (unpaired) electrons. The van der Waals surface area contributed by atoms with Gasteiger partial charge in [0.1, 0.15) is 0 Å². The molecule has 1 aromatic carbocycles. The van der Waals surface area contributed by atoms with Gasteiger partial charge in [-0.15, -0.1) is 0 Å². The maximum absolute atomic E-state index is 13.2. The highest BCUT2D eigenvalue weighted by atomic mass is 32.2. The number of sulfone groups is 1. The van der Waals surface area contributed by atoms with Crippen molar-refractivity contribution in [2.24, 2.45) is 0 Å². The van der Waals surface area contributed by atoms with Gasteiger partial charge in [0.25, 0.3) is 0 Å². The molecule has 0 bridgehead atoms. The Morgan fingerprint density at radius 3 is 2.24 bits per heavy atom. The fourth-order valence-electron chi connectivity index (χ4n) is 4.11. The minimum atomic E-state index is -3.22. The summed E-state index contributed by atoms with van der Waals surface area (Å²) in [7, 11) is -3.22. The first-order valence-electron chi connectivity index (χ1n) is 9.24. The van der Waals surface area contributed by atoms with Crippen molar-refractivity contribution in [1.29, 1.82) is 0 Å². The zero-order valence-corrected chi connectivity index (χ0v) is 15.7. The van der Waals surface area contributed by atoms with Gasteiger partial charge >= 0.3 is 0 Å². The van der Waals surface area contributed by atoms with Crippen LogP contribution in [0, 0.1) is 0 Å². The number of piperidine rings is 1. The molecular formula is C19H28N2O3S. The van der Waals surface area contributed by atoms with Crippen LogP contribution in [0.2, 0.25) is 0 Å². The second-order valence-electron chi connectivity index (χ2n) is 7.44. The molecule has 6 heteroatoms. The van der Waals surface area contributed by atoms with Crippen molar-refractivity contribution in [1.82, 2.24) is 10.6 Å². The average Bonchev–Trinajstić information content (AvgIpc) is 2.62. The number of benzene rings is 1. The smallest absolute Gasteiger partial charge is 0.230 e. The lowest BCUT2D eigenvalue weighted by Gasteiger charge is -2.38. The third-order valence-electron chi connectivity index (χ3n) is 5.65. The molecule has 0 unspecified atom stereocenters. The van der Waals surface area contributed by atoms with Gasteiger partial charge in [0, 0.05) is 12.3 Å². The van der Waals surface area contributed by atoms with Gasteiger partial charge < -0.3 is 10.6 Å². The number of carbonyl (C=O) groups is 1. The van der Waals surface area contributed by atoms with Crippen LogP contribution in [-0.2, 0) is 20.0 Å². The van der Waals surface area contributed by atoms with E-state index < -0.39 is 15.3 Å². The molecule has 2 N–H and O–H groups in total. The monoisotopic (exact) mass is 364 g/mol. The van der Waals surface area contributed by atoms with Crippen molar-refractivity contribution < 1.29 is 13.2 Å². The molecule has 1 heterocycles. The van der Waals surface area contributed by atoms with Gasteiger partial charge in [-0.05, 0) is 56.5 Å². The summed E-state index contributed by atoms with van der Waals surface area (Å²) in [6.45, 7) is 1.89. The second kappa shape index (κ2) is 7.46. The number of nitrogens with one attached hydrogen (secondary N) is 2. The van der Waals surface area contributed by atoms with Crippen molar-refractivity contribution in [3.8, 4) is 0 Å². The number of hydrogen-bond donors (Lipinski definition) is 2. The molecule has 1 saturated carbocycles. The van der Waals surface area contributed by atoms with Crippen LogP contribution in [0.1, 0.15) is 50.5 Å². The second-order valence-corrected chi connectivity index (χ2v) is 9.45. The summed E-state index contributed by atoms with van der Waals surface area (Å²) < 4.78 is 23.4. The van der Waals surface area contributed by atoms with Crippen LogP contribution in [0.15, 0.2) is 29.2 Å². The molecule has 1 amide bonds. The van der Waals surface area contributed by atoms with Gasteiger partial charge in [0.05, 0.1) is 10.3 Å². The van der Waals surface area contributed by atoms with Gasteiger partial charge in [-0.1, -0.05) is 31.4 Å². The van der Waals surface area contributed by atoms with E-state index in [-0.39, 0.29) is 11.9 Å². The summed E-state index contributed by atoms with van der Waals surface area (Å²) in [5.74, 6) is 0.117. The summed E-state index contributed by atoms with van der Waals surface area (Å²) >= 11 is 0. The molecule has 5 nitrogen and oxygen atoms in total. The van der Waals surface area contributed by atoms with E-state index in [1.54, 1.807) is 12.1 Å². The number of amides is 1. The van der Waals surface area contributed by atoms with E-state index in [0.29, 0.717) is 4.90 Å². The summed E-state index contributed by atoms with van der Waals surface area (Å²) in [5.41, 5.74) is 0.435. The minimum Gasteiger partial charge on any atom is -0.353 e. The molecule has 25 heavy (non-hydrogen) atoms. The molecule has 1 aliphatic heterocycles. The van der Waals surface area contributed by atoms with Gasteiger partial charge in [0.2, 0.25) is 5.91 Å². The summed E-state index contributed by atoms with van der Waals surface area (Å²) in [6.07, 6.45) is 8.04. The Hall–Kier alpha value is -1.40. The lowest BCUT2D eigenvalue weighted by atomic mass is 9.68. The van der Waals surface area contributed by atoms with Crippen LogP contribution in [0.3, 0.4) is 0 Å². The highest BCUT2D eigenvalue weighted by Crippen LogP contribution is 2.40. The number of rotatable bonds is 4. The Labute approximate surface area is 150 Å². The fraction of sp³-hybridized carbons (Fsp3) is 0.632. The van der Waals surface area contributed by atoms with Gasteiger partial charge in [0.15, 0.2) is 9.84 Å². The lowest BCUT2D eigenvalue weighted by molar-refractivity contribution is -0.129. The topological polar surface area (TPSA) is 75.3 Å². The minimum absolute atomic E-state index is 0.117. The van der Waals surface area contributed by atoms with E-state index in [1.807, 2.05) is 12.1 Å². The highest BCUT2D eigenvalue weighted by Gasteiger charge is 2.41. The average molecular weight is 365 g/mol. The summed E-state index contributed by atoms with van der Waals surface area (Å²) in [5, 5.41) is 6.60. The molecule has 1 aromatic rings. The SMILES string of the molecule is CS(=O)(=O)c1ccc(C2(C(=O)NC3CCNCC3)CCCCC2)cc1. The first kappa shape index (κ1) is 18.4. The molecule has 2 aliphatic rings. The summed E-state index contributed by atoms with van der Waals surface area (Å²) in [6, 6.07) is 7.19. The first-order valence-corrected chi connectivity index (χ1v) is 11.1. The zero-order chi connectivity index (χ0) is 17.9. The number of carbonyl (C=O) groups excluding carboxylic acids is 1. The van der Waals surface area contributed by atoms with E-state index in [1.165, 1.54) is 6.26 Å². The standard InChI is InChI=1S/C19H28N2O3S/c1-25(23,24)17-7-5-15(6-8-17)19(11-3-2-4-12-19)18(22)21-16-9-13-20-14-10-16/h5-8,16,20H,2-4,9-14H2,1H3,(H,21,22). The van der Waals surface area contributed by atoms with Crippen LogP contribution >= 0.6 is 0 Å². The van der Waals surface area contributed by atoms with E-state index in [2.05, 4.69) is 10.6 Å². The zero-order valence-electron chi connectivity index (χ0n) is 14.9. The van der Waals surface area contributed by atoms with Crippen molar-refractivity contribution in [2.45, 2.75) is 61.3 Å².